The molecule has 0 rings (SSSR count). The number of carbonyl (C=O) groups is 2. The Labute approximate surface area is 231 Å². The molecule has 0 bridgehead atoms. The van der Waals surface area contributed by atoms with E-state index >= 15 is 0 Å². The third-order valence-corrected chi connectivity index (χ3v) is 7.58. The predicted molar refractivity (Wildman–Crippen MR) is 158 cm³/mol. The molecule has 4 nitrogen and oxygen atoms in total. The van der Waals surface area contributed by atoms with Crippen molar-refractivity contribution in [3.63, 3.8) is 0 Å². The summed E-state index contributed by atoms with van der Waals surface area (Å²) < 4.78 is 5.94. The molecule has 0 radical (unpaired) electrons. The van der Waals surface area contributed by atoms with Gasteiger partial charge in [0.05, 0.1) is 0 Å². The summed E-state index contributed by atoms with van der Waals surface area (Å²) in [7, 11) is 0. The number of carboxylic acids is 1. The number of carbonyl (C=O) groups excluding carboxylic acids is 1. The number of unbranched alkanes of at least 4 members (excludes halogenated alkanes) is 21. The summed E-state index contributed by atoms with van der Waals surface area (Å²) >= 11 is 0. The van der Waals surface area contributed by atoms with Crippen LogP contribution in [0.5, 0.6) is 0 Å². The Hall–Kier alpha value is -1.06. The molecule has 0 spiro atoms. The second-order valence-corrected chi connectivity index (χ2v) is 11.4. The highest BCUT2D eigenvalue weighted by Crippen LogP contribution is 2.19. The van der Waals surface area contributed by atoms with Gasteiger partial charge in [-0.05, 0) is 38.5 Å². The van der Waals surface area contributed by atoms with Crippen molar-refractivity contribution < 1.29 is 19.4 Å². The standard InChI is InChI=1S/C33H64O4/c1-3-5-7-9-11-13-14-15-17-22-26-30-33(36)37-31(27-23-19-16-12-10-8-6-4-2)28-24-20-18-21-25-29-32(34)35/h31H,3-30H2,1-2H3,(H,34,35). The fraction of sp³-hybridized carbons (Fsp3) is 0.939. The van der Waals surface area contributed by atoms with Crippen LogP contribution in [-0.2, 0) is 14.3 Å². The second kappa shape index (κ2) is 29.5. The van der Waals surface area contributed by atoms with Gasteiger partial charge >= 0.3 is 11.9 Å². The maximum absolute atomic E-state index is 12.5. The molecule has 0 aromatic heterocycles. The summed E-state index contributed by atoms with van der Waals surface area (Å²) in [5.41, 5.74) is 0. The molecular formula is C33H64O4. The van der Waals surface area contributed by atoms with E-state index in [1.54, 1.807) is 0 Å². The van der Waals surface area contributed by atoms with E-state index in [9.17, 15) is 9.59 Å². The van der Waals surface area contributed by atoms with E-state index in [4.69, 9.17) is 9.84 Å². The Bertz CT molecular complexity index is 491. The van der Waals surface area contributed by atoms with E-state index in [-0.39, 0.29) is 18.5 Å². The molecule has 0 saturated carbocycles. The maximum atomic E-state index is 12.5. The topological polar surface area (TPSA) is 63.6 Å². The highest BCUT2D eigenvalue weighted by molar-refractivity contribution is 5.69. The van der Waals surface area contributed by atoms with Gasteiger partial charge in [0, 0.05) is 12.8 Å². The zero-order valence-corrected chi connectivity index (χ0v) is 25.0. The first-order chi connectivity index (χ1) is 18.1. The van der Waals surface area contributed by atoms with Gasteiger partial charge in [0.15, 0.2) is 0 Å². The van der Waals surface area contributed by atoms with Gasteiger partial charge in [-0.15, -0.1) is 0 Å². The van der Waals surface area contributed by atoms with Gasteiger partial charge < -0.3 is 9.84 Å². The maximum Gasteiger partial charge on any atom is 0.306 e. The SMILES string of the molecule is CCCCCCCCCCCCCC(=O)OC(CCCCCCCCCC)CCCCCCCC(=O)O. The normalized spacial score (nSPS) is 12.1. The minimum Gasteiger partial charge on any atom is -0.481 e. The Morgan fingerprint density at radius 2 is 0.811 bits per heavy atom. The minimum absolute atomic E-state index is 0.00180. The molecule has 0 amide bonds. The van der Waals surface area contributed by atoms with Crippen LogP contribution in [-0.4, -0.2) is 23.1 Å². The first kappa shape index (κ1) is 35.9. The van der Waals surface area contributed by atoms with E-state index in [1.165, 1.54) is 103 Å². The van der Waals surface area contributed by atoms with Crippen LogP contribution in [0.3, 0.4) is 0 Å². The van der Waals surface area contributed by atoms with Crippen LogP contribution in [0.25, 0.3) is 0 Å². The molecule has 0 fully saturated rings. The van der Waals surface area contributed by atoms with Crippen molar-refractivity contribution in [1.29, 1.82) is 0 Å². The molecule has 0 aliphatic heterocycles. The lowest BCUT2D eigenvalue weighted by Gasteiger charge is -2.18. The van der Waals surface area contributed by atoms with Crippen LogP contribution in [0.15, 0.2) is 0 Å². The van der Waals surface area contributed by atoms with Crippen LogP contribution in [0.1, 0.15) is 194 Å². The number of rotatable bonds is 30. The van der Waals surface area contributed by atoms with Crippen LogP contribution < -0.4 is 0 Å². The first-order valence-electron chi connectivity index (χ1n) is 16.5. The number of hydrogen-bond donors (Lipinski definition) is 1. The molecule has 0 saturated heterocycles. The van der Waals surface area contributed by atoms with Gasteiger partial charge in [-0.3, -0.25) is 9.59 Å². The van der Waals surface area contributed by atoms with Crippen molar-refractivity contribution in [2.24, 2.45) is 0 Å². The number of aliphatic carboxylic acids is 1. The van der Waals surface area contributed by atoms with Crippen LogP contribution in [0.4, 0.5) is 0 Å². The van der Waals surface area contributed by atoms with Crippen molar-refractivity contribution in [2.45, 2.75) is 200 Å². The lowest BCUT2D eigenvalue weighted by atomic mass is 10.0. The van der Waals surface area contributed by atoms with E-state index in [0.29, 0.717) is 6.42 Å². The second-order valence-electron chi connectivity index (χ2n) is 11.4. The zero-order chi connectivity index (χ0) is 27.2. The first-order valence-corrected chi connectivity index (χ1v) is 16.5. The average molecular weight is 525 g/mol. The molecule has 0 aromatic rings. The quantitative estimate of drug-likeness (QED) is 0.0749. The fourth-order valence-corrected chi connectivity index (χ4v) is 5.13. The third-order valence-electron chi connectivity index (χ3n) is 7.58. The summed E-state index contributed by atoms with van der Waals surface area (Å²) in [6, 6.07) is 0. The zero-order valence-electron chi connectivity index (χ0n) is 25.0. The number of carboxylic acid groups (broad SMARTS) is 1. The molecule has 0 aliphatic rings. The molecular weight excluding hydrogens is 460 g/mol. The van der Waals surface area contributed by atoms with Crippen LogP contribution in [0, 0.1) is 0 Å². The van der Waals surface area contributed by atoms with Crippen molar-refractivity contribution >= 4 is 11.9 Å². The number of hydrogen-bond acceptors (Lipinski definition) is 3. The molecule has 0 aromatic carbocycles. The average Bonchev–Trinajstić information content (AvgIpc) is 2.87. The van der Waals surface area contributed by atoms with Crippen LogP contribution in [0.2, 0.25) is 0 Å². The summed E-state index contributed by atoms with van der Waals surface area (Å²) in [6.07, 6.45) is 32.5. The molecule has 220 valence electrons. The minimum atomic E-state index is -0.699. The Balaban J connectivity index is 4.01. The van der Waals surface area contributed by atoms with Gasteiger partial charge in [0.25, 0.3) is 0 Å². The third kappa shape index (κ3) is 29.4. The van der Waals surface area contributed by atoms with Crippen molar-refractivity contribution in [3.8, 4) is 0 Å². The van der Waals surface area contributed by atoms with E-state index < -0.39 is 5.97 Å². The summed E-state index contributed by atoms with van der Waals surface area (Å²) in [5, 5.41) is 8.76. The smallest absolute Gasteiger partial charge is 0.306 e. The van der Waals surface area contributed by atoms with Crippen molar-refractivity contribution in [2.75, 3.05) is 0 Å². The lowest BCUT2D eigenvalue weighted by molar-refractivity contribution is -0.150. The molecule has 1 unspecified atom stereocenters. The van der Waals surface area contributed by atoms with Gasteiger partial charge in [-0.25, -0.2) is 0 Å². The number of esters is 1. The number of ether oxygens (including phenoxy) is 1. The van der Waals surface area contributed by atoms with Gasteiger partial charge in [0.1, 0.15) is 6.10 Å². The van der Waals surface area contributed by atoms with Crippen molar-refractivity contribution in [3.05, 3.63) is 0 Å². The highest BCUT2D eigenvalue weighted by Gasteiger charge is 2.14. The monoisotopic (exact) mass is 524 g/mol. The van der Waals surface area contributed by atoms with Crippen molar-refractivity contribution in [1.82, 2.24) is 0 Å². The molecule has 0 heterocycles. The van der Waals surface area contributed by atoms with E-state index in [2.05, 4.69) is 13.8 Å². The summed E-state index contributed by atoms with van der Waals surface area (Å²) in [6.45, 7) is 4.53. The Morgan fingerprint density at radius 1 is 0.486 bits per heavy atom. The summed E-state index contributed by atoms with van der Waals surface area (Å²) in [4.78, 5) is 23.1. The summed E-state index contributed by atoms with van der Waals surface area (Å²) in [5.74, 6) is -0.697. The Kier molecular flexibility index (Phi) is 28.7. The molecule has 1 N–H and O–H groups in total. The largest absolute Gasteiger partial charge is 0.481 e. The van der Waals surface area contributed by atoms with Gasteiger partial charge in [0.2, 0.25) is 0 Å². The van der Waals surface area contributed by atoms with E-state index in [1.807, 2.05) is 0 Å². The van der Waals surface area contributed by atoms with Gasteiger partial charge in [-0.2, -0.15) is 0 Å². The van der Waals surface area contributed by atoms with Crippen LogP contribution >= 0.6 is 0 Å². The molecule has 1 atom stereocenters. The predicted octanol–water partition coefficient (Wildman–Crippen LogP) is 10.9. The van der Waals surface area contributed by atoms with E-state index in [0.717, 1.165) is 64.2 Å². The fourth-order valence-electron chi connectivity index (χ4n) is 5.13. The molecule has 0 aliphatic carbocycles. The Morgan fingerprint density at radius 3 is 1.19 bits per heavy atom. The van der Waals surface area contributed by atoms with Gasteiger partial charge in [-0.1, -0.05) is 142 Å². The molecule has 37 heavy (non-hydrogen) atoms. The lowest BCUT2D eigenvalue weighted by Crippen LogP contribution is -2.18. The molecule has 4 heteroatoms. The highest BCUT2D eigenvalue weighted by atomic mass is 16.5.